The molecule has 0 fully saturated rings. The SMILES string of the molecule is COc1ccc([C@@H](CC(C)C)NC(=O)CN(c2cccc(C(F)(F)F)c2)S(C)(=O)=O)cc1. The lowest BCUT2D eigenvalue weighted by Crippen LogP contribution is -2.42. The van der Waals surface area contributed by atoms with Crippen LogP contribution < -0.4 is 14.4 Å². The van der Waals surface area contributed by atoms with Crippen molar-refractivity contribution < 1.29 is 31.1 Å². The van der Waals surface area contributed by atoms with Gasteiger partial charge in [-0.3, -0.25) is 9.10 Å². The van der Waals surface area contributed by atoms with E-state index in [0.717, 1.165) is 24.0 Å². The van der Waals surface area contributed by atoms with Gasteiger partial charge in [0.15, 0.2) is 0 Å². The first-order valence-corrected chi connectivity index (χ1v) is 11.7. The van der Waals surface area contributed by atoms with Crippen molar-refractivity contribution in [3.05, 3.63) is 59.7 Å². The zero-order chi connectivity index (χ0) is 24.1. The third-order valence-electron chi connectivity index (χ3n) is 4.71. The number of alkyl halides is 3. The highest BCUT2D eigenvalue weighted by atomic mass is 32.2. The number of ether oxygens (including phenoxy) is 1. The monoisotopic (exact) mass is 472 g/mol. The van der Waals surface area contributed by atoms with Crippen LogP contribution in [0.2, 0.25) is 0 Å². The molecule has 1 amide bonds. The average molecular weight is 473 g/mol. The number of carbonyl (C=O) groups excluding carboxylic acids is 1. The Kier molecular flexibility index (Phi) is 8.17. The number of hydrogen-bond acceptors (Lipinski definition) is 4. The van der Waals surface area contributed by atoms with E-state index in [9.17, 15) is 26.4 Å². The van der Waals surface area contributed by atoms with E-state index < -0.39 is 40.3 Å². The lowest BCUT2D eigenvalue weighted by Gasteiger charge is -2.26. The minimum absolute atomic E-state index is 0.219. The summed E-state index contributed by atoms with van der Waals surface area (Å²) in [6.07, 6.45) is -3.21. The molecule has 2 rings (SSSR count). The number of halogens is 3. The molecule has 0 aliphatic rings. The zero-order valence-electron chi connectivity index (χ0n) is 18.3. The van der Waals surface area contributed by atoms with Crippen LogP contribution in [0.4, 0.5) is 18.9 Å². The molecule has 6 nitrogen and oxygen atoms in total. The maximum absolute atomic E-state index is 13.1. The molecule has 176 valence electrons. The van der Waals surface area contributed by atoms with Crippen molar-refractivity contribution in [1.82, 2.24) is 5.32 Å². The van der Waals surface area contributed by atoms with Crippen LogP contribution in [0.5, 0.6) is 5.75 Å². The molecule has 0 heterocycles. The highest BCUT2D eigenvalue weighted by Gasteiger charge is 2.32. The summed E-state index contributed by atoms with van der Waals surface area (Å²) >= 11 is 0. The van der Waals surface area contributed by atoms with Gasteiger partial charge in [-0.1, -0.05) is 32.0 Å². The van der Waals surface area contributed by atoms with E-state index in [1.54, 1.807) is 24.3 Å². The molecular formula is C22H27F3N2O4S. The predicted octanol–water partition coefficient (Wildman–Crippen LogP) is 4.38. The Balaban J connectivity index is 2.28. The molecule has 10 heteroatoms. The highest BCUT2D eigenvalue weighted by Crippen LogP contribution is 2.32. The number of rotatable bonds is 9. The second-order valence-electron chi connectivity index (χ2n) is 7.84. The summed E-state index contributed by atoms with van der Waals surface area (Å²) < 4.78 is 69.6. The molecule has 0 spiro atoms. The van der Waals surface area contributed by atoms with Crippen LogP contribution in [0.1, 0.15) is 37.4 Å². The molecule has 0 aromatic heterocycles. The lowest BCUT2D eigenvalue weighted by atomic mass is 9.97. The van der Waals surface area contributed by atoms with E-state index in [2.05, 4.69) is 5.32 Å². The summed E-state index contributed by atoms with van der Waals surface area (Å²) in [6, 6.07) is 10.6. The summed E-state index contributed by atoms with van der Waals surface area (Å²) in [4.78, 5) is 12.8. The number of nitrogens with zero attached hydrogens (tertiary/aromatic N) is 1. The van der Waals surface area contributed by atoms with Gasteiger partial charge >= 0.3 is 6.18 Å². The van der Waals surface area contributed by atoms with Crippen LogP contribution in [0.3, 0.4) is 0 Å². The number of nitrogens with one attached hydrogen (secondary N) is 1. The minimum Gasteiger partial charge on any atom is -0.497 e. The average Bonchev–Trinajstić information content (AvgIpc) is 2.70. The van der Waals surface area contributed by atoms with Crippen LogP contribution in [0.15, 0.2) is 48.5 Å². The molecule has 0 bridgehead atoms. The molecule has 0 saturated carbocycles. The molecular weight excluding hydrogens is 445 g/mol. The van der Waals surface area contributed by atoms with E-state index in [1.807, 2.05) is 13.8 Å². The van der Waals surface area contributed by atoms with Crippen LogP contribution in [0, 0.1) is 5.92 Å². The largest absolute Gasteiger partial charge is 0.497 e. The summed E-state index contributed by atoms with van der Waals surface area (Å²) in [5.74, 6) is 0.238. The molecule has 0 saturated heterocycles. The lowest BCUT2D eigenvalue weighted by molar-refractivity contribution is -0.137. The van der Waals surface area contributed by atoms with Gasteiger partial charge < -0.3 is 10.1 Å². The fourth-order valence-electron chi connectivity index (χ4n) is 3.19. The maximum atomic E-state index is 13.1. The molecule has 32 heavy (non-hydrogen) atoms. The first-order valence-electron chi connectivity index (χ1n) is 9.89. The number of benzene rings is 2. The molecule has 0 unspecified atom stereocenters. The third kappa shape index (κ3) is 7.15. The van der Waals surface area contributed by atoms with Crippen LogP contribution in [-0.2, 0) is 21.0 Å². The zero-order valence-corrected chi connectivity index (χ0v) is 19.1. The molecule has 2 aromatic carbocycles. The number of sulfonamides is 1. The first kappa shape index (κ1) is 25.5. The van der Waals surface area contributed by atoms with Crippen molar-refractivity contribution in [1.29, 1.82) is 0 Å². The normalized spacial score (nSPS) is 13.0. The van der Waals surface area contributed by atoms with Crippen LogP contribution >= 0.6 is 0 Å². The van der Waals surface area contributed by atoms with Crippen molar-refractivity contribution in [2.45, 2.75) is 32.5 Å². The number of carbonyl (C=O) groups is 1. The predicted molar refractivity (Wildman–Crippen MR) is 117 cm³/mol. The van der Waals surface area contributed by atoms with E-state index in [-0.39, 0.29) is 11.6 Å². The second-order valence-corrected chi connectivity index (χ2v) is 9.75. The summed E-state index contributed by atoms with van der Waals surface area (Å²) in [5.41, 5.74) is -0.430. The quantitative estimate of drug-likeness (QED) is 0.588. The van der Waals surface area contributed by atoms with Gasteiger partial charge in [0.25, 0.3) is 0 Å². The van der Waals surface area contributed by atoms with E-state index in [4.69, 9.17) is 4.74 Å². The van der Waals surface area contributed by atoms with Crippen molar-refractivity contribution in [3.63, 3.8) is 0 Å². The Hall–Kier alpha value is -2.75. The molecule has 0 radical (unpaired) electrons. The topological polar surface area (TPSA) is 75.7 Å². The minimum atomic E-state index is -4.64. The first-order chi connectivity index (χ1) is 14.8. The van der Waals surface area contributed by atoms with Gasteiger partial charge in [-0.15, -0.1) is 0 Å². The second kappa shape index (κ2) is 10.2. The van der Waals surface area contributed by atoms with Crippen molar-refractivity contribution in [2.24, 2.45) is 5.92 Å². The van der Waals surface area contributed by atoms with Gasteiger partial charge in [-0.05, 0) is 48.2 Å². The number of amides is 1. The summed E-state index contributed by atoms with van der Waals surface area (Å²) in [6.45, 7) is 3.31. The van der Waals surface area contributed by atoms with Gasteiger partial charge in [-0.2, -0.15) is 13.2 Å². The third-order valence-corrected chi connectivity index (χ3v) is 5.85. The van der Waals surface area contributed by atoms with Gasteiger partial charge in [0.05, 0.1) is 30.7 Å². The van der Waals surface area contributed by atoms with Gasteiger partial charge in [0, 0.05) is 0 Å². The van der Waals surface area contributed by atoms with E-state index in [1.165, 1.54) is 13.2 Å². The fraction of sp³-hybridized carbons (Fsp3) is 0.409. The molecule has 1 N–H and O–H groups in total. The van der Waals surface area contributed by atoms with Crippen molar-refractivity contribution in [2.75, 3.05) is 24.2 Å². The Morgan fingerprint density at radius 3 is 2.25 bits per heavy atom. The van der Waals surface area contributed by atoms with Crippen LogP contribution in [-0.4, -0.2) is 34.2 Å². The molecule has 1 atom stereocenters. The van der Waals surface area contributed by atoms with Gasteiger partial charge in [0.1, 0.15) is 12.3 Å². The fourth-order valence-corrected chi connectivity index (χ4v) is 4.04. The smallest absolute Gasteiger partial charge is 0.416 e. The van der Waals surface area contributed by atoms with Crippen molar-refractivity contribution >= 4 is 21.6 Å². The van der Waals surface area contributed by atoms with Gasteiger partial charge in [0.2, 0.25) is 15.9 Å². The Morgan fingerprint density at radius 1 is 1.12 bits per heavy atom. The molecule has 0 aliphatic carbocycles. The Morgan fingerprint density at radius 2 is 1.75 bits per heavy atom. The summed E-state index contributed by atoms with van der Waals surface area (Å²) in [7, 11) is -2.48. The van der Waals surface area contributed by atoms with Gasteiger partial charge in [-0.25, -0.2) is 8.42 Å². The standard InChI is InChI=1S/C22H27F3N2O4S/c1-15(2)12-20(16-8-10-19(31-3)11-9-16)26-21(28)14-27(32(4,29)30)18-7-5-6-17(13-18)22(23,24)25/h5-11,13,15,20H,12,14H2,1-4H3,(H,26,28)/t20-/m1/s1. The highest BCUT2D eigenvalue weighted by molar-refractivity contribution is 7.92. The Labute approximate surface area is 186 Å². The number of anilines is 1. The van der Waals surface area contributed by atoms with E-state index >= 15 is 0 Å². The Bertz CT molecular complexity index is 1020. The van der Waals surface area contributed by atoms with Crippen molar-refractivity contribution in [3.8, 4) is 5.75 Å². The number of methoxy groups -OCH3 is 1. The number of hydrogen-bond donors (Lipinski definition) is 1. The maximum Gasteiger partial charge on any atom is 0.416 e. The molecule has 2 aromatic rings. The molecule has 0 aliphatic heterocycles. The summed E-state index contributed by atoms with van der Waals surface area (Å²) in [5, 5.41) is 2.81. The van der Waals surface area contributed by atoms with Crippen LogP contribution in [0.25, 0.3) is 0 Å². The van der Waals surface area contributed by atoms with E-state index in [0.29, 0.717) is 22.5 Å².